The molecule has 0 aliphatic carbocycles. The van der Waals surface area contributed by atoms with Crippen molar-refractivity contribution >= 4 is 11.9 Å². The summed E-state index contributed by atoms with van der Waals surface area (Å²) >= 11 is 0. The smallest absolute Gasteiger partial charge is 0.338 e. The monoisotopic (exact) mass is 266 g/mol. The lowest BCUT2D eigenvalue weighted by Crippen LogP contribution is -2.40. The standard InChI is InChI=1S/C13H18N2O4/c16-12(15-4-2-1-3-5-15)8-14-7-11-6-10(9-19-11)13(17)18/h6,9,14H,1-5,7-8H2,(H,17,18). The fraction of sp³-hybridized carbons (Fsp3) is 0.538. The quantitative estimate of drug-likeness (QED) is 0.833. The first-order chi connectivity index (χ1) is 9.16. The van der Waals surface area contributed by atoms with Gasteiger partial charge in [0, 0.05) is 13.1 Å². The summed E-state index contributed by atoms with van der Waals surface area (Å²) in [5, 5.41) is 11.7. The third kappa shape index (κ3) is 3.82. The van der Waals surface area contributed by atoms with Gasteiger partial charge in [-0.15, -0.1) is 0 Å². The van der Waals surface area contributed by atoms with E-state index < -0.39 is 5.97 Å². The van der Waals surface area contributed by atoms with Crippen molar-refractivity contribution in [2.75, 3.05) is 19.6 Å². The fourth-order valence-corrected chi connectivity index (χ4v) is 2.13. The lowest BCUT2D eigenvalue weighted by atomic mass is 10.1. The number of nitrogens with zero attached hydrogens (tertiary/aromatic N) is 1. The molecule has 1 aromatic heterocycles. The molecule has 0 atom stereocenters. The second-order valence-corrected chi connectivity index (χ2v) is 4.65. The minimum absolute atomic E-state index is 0.0877. The molecule has 6 heteroatoms. The van der Waals surface area contributed by atoms with Crippen LogP contribution >= 0.6 is 0 Å². The predicted octanol–water partition coefficient (Wildman–Crippen LogP) is 1.08. The van der Waals surface area contributed by atoms with E-state index in [1.165, 1.54) is 18.8 Å². The van der Waals surface area contributed by atoms with Crippen LogP contribution in [0.15, 0.2) is 16.7 Å². The minimum atomic E-state index is -1.01. The Kier molecular flexibility index (Phi) is 4.57. The van der Waals surface area contributed by atoms with Gasteiger partial charge in [-0.3, -0.25) is 4.79 Å². The third-order valence-corrected chi connectivity index (χ3v) is 3.18. The molecule has 0 bridgehead atoms. The number of carboxylic acid groups (broad SMARTS) is 1. The zero-order valence-electron chi connectivity index (χ0n) is 10.7. The molecule has 0 radical (unpaired) electrons. The Hall–Kier alpha value is -1.82. The number of hydrogen-bond acceptors (Lipinski definition) is 4. The Bertz CT molecular complexity index is 449. The fourth-order valence-electron chi connectivity index (χ4n) is 2.13. The van der Waals surface area contributed by atoms with Crippen molar-refractivity contribution in [2.24, 2.45) is 0 Å². The topological polar surface area (TPSA) is 82.8 Å². The Morgan fingerprint density at radius 1 is 1.32 bits per heavy atom. The summed E-state index contributed by atoms with van der Waals surface area (Å²) in [5.74, 6) is -0.409. The van der Waals surface area contributed by atoms with Gasteiger partial charge >= 0.3 is 5.97 Å². The average molecular weight is 266 g/mol. The molecule has 2 rings (SSSR count). The zero-order valence-corrected chi connectivity index (χ0v) is 10.7. The molecular formula is C13H18N2O4. The summed E-state index contributed by atoms with van der Waals surface area (Å²) in [4.78, 5) is 24.4. The molecule has 0 aromatic carbocycles. The summed E-state index contributed by atoms with van der Waals surface area (Å²) < 4.78 is 5.09. The molecule has 2 heterocycles. The number of aromatic carboxylic acids is 1. The lowest BCUT2D eigenvalue weighted by molar-refractivity contribution is -0.131. The maximum absolute atomic E-state index is 11.8. The predicted molar refractivity (Wildman–Crippen MR) is 67.8 cm³/mol. The van der Waals surface area contributed by atoms with Crippen LogP contribution in [0.3, 0.4) is 0 Å². The summed E-state index contributed by atoms with van der Waals surface area (Å²) in [7, 11) is 0. The van der Waals surface area contributed by atoms with Gasteiger partial charge in [0.25, 0.3) is 0 Å². The summed E-state index contributed by atoms with van der Waals surface area (Å²) in [6.45, 7) is 2.28. The largest absolute Gasteiger partial charge is 0.478 e. The average Bonchev–Trinajstić information content (AvgIpc) is 2.89. The van der Waals surface area contributed by atoms with E-state index in [0.717, 1.165) is 25.9 Å². The highest BCUT2D eigenvalue weighted by molar-refractivity contribution is 5.87. The van der Waals surface area contributed by atoms with Crippen LogP contribution in [-0.4, -0.2) is 41.5 Å². The van der Waals surface area contributed by atoms with Crippen LogP contribution in [-0.2, 0) is 11.3 Å². The van der Waals surface area contributed by atoms with E-state index in [4.69, 9.17) is 9.52 Å². The van der Waals surface area contributed by atoms with E-state index in [1.807, 2.05) is 4.90 Å². The van der Waals surface area contributed by atoms with Crippen LogP contribution in [0.4, 0.5) is 0 Å². The molecule has 0 spiro atoms. The first kappa shape index (κ1) is 13.6. The van der Waals surface area contributed by atoms with Gasteiger partial charge in [-0.2, -0.15) is 0 Å². The molecule has 19 heavy (non-hydrogen) atoms. The van der Waals surface area contributed by atoms with E-state index in [-0.39, 0.29) is 18.0 Å². The van der Waals surface area contributed by atoms with Crippen LogP contribution in [0.2, 0.25) is 0 Å². The van der Waals surface area contributed by atoms with Crippen molar-refractivity contribution in [1.82, 2.24) is 10.2 Å². The van der Waals surface area contributed by atoms with Gasteiger partial charge in [-0.1, -0.05) is 0 Å². The maximum atomic E-state index is 11.8. The van der Waals surface area contributed by atoms with Crippen molar-refractivity contribution < 1.29 is 19.1 Å². The lowest BCUT2D eigenvalue weighted by Gasteiger charge is -2.26. The van der Waals surface area contributed by atoms with E-state index in [1.54, 1.807) is 0 Å². The van der Waals surface area contributed by atoms with Gasteiger partial charge in [0.15, 0.2) is 0 Å². The molecular weight excluding hydrogens is 248 g/mol. The Labute approximate surface area is 111 Å². The van der Waals surface area contributed by atoms with Crippen LogP contribution < -0.4 is 5.32 Å². The molecule has 1 fully saturated rings. The van der Waals surface area contributed by atoms with Crippen LogP contribution in [0.5, 0.6) is 0 Å². The maximum Gasteiger partial charge on any atom is 0.338 e. The molecule has 0 unspecified atom stereocenters. The van der Waals surface area contributed by atoms with Gasteiger partial charge in [0.2, 0.25) is 5.91 Å². The van der Waals surface area contributed by atoms with Crippen molar-refractivity contribution in [3.05, 3.63) is 23.7 Å². The SMILES string of the molecule is O=C(O)c1coc(CNCC(=O)N2CCCCC2)c1. The van der Waals surface area contributed by atoms with Crippen molar-refractivity contribution in [3.8, 4) is 0 Å². The summed E-state index contributed by atoms with van der Waals surface area (Å²) in [6.07, 6.45) is 4.55. The number of carboxylic acids is 1. The van der Waals surface area contributed by atoms with Gasteiger partial charge in [-0.25, -0.2) is 4.79 Å². The summed E-state index contributed by atoms with van der Waals surface area (Å²) in [6, 6.07) is 1.46. The van der Waals surface area contributed by atoms with Gasteiger partial charge < -0.3 is 19.7 Å². The molecule has 6 nitrogen and oxygen atoms in total. The Balaban J connectivity index is 1.73. The number of nitrogens with one attached hydrogen (secondary N) is 1. The number of piperidine rings is 1. The van der Waals surface area contributed by atoms with Crippen molar-refractivity contribution in [2.45, 2.75) is 25.8 Å². The zero-order chi connectivity index (χ0) is 13.7. The highest BCUT2D eigenvalue weighted by Gasteiger charge is 2.16. The van der Waals surface area contributed by atoms with E-state index >= 15 is 0 Å². The van der Waals surface area contributed by atoms with Gasteiger partial charge in [0.1, 0.15) is 12.0 Å². The van der Waals surface area contributed by atoms with E-state index in [2.05, 4.69) is 5.32 Å². The number of carbonyl (C=O) groups excluding carboxylic acids is 1. The Morgan fingerprint density at radius 2 is 2.05 bits per heavy atom. The molecule has 1 aliphatic heterocycles. The molecule has 104 valence electrons. The van der Waals surface area contributed by atoms with Gasteiger partial charge in [0.05, 0.1) is 18.7 Å². The molecule has 1 aliphatic rings. The Morgan fingerprint density at radius 3 is 2.68 bits per heavy atom. The second-order valence-electron chi connectivity index (χ2n) is 4.65. The highest BCUT2D eigenvalue weighted by atomic mass is 16.4. The van der Waals surface area contributed by atoms with E-state index in [0.29, 0.717) is 12.3 Å². The van der Waals surface area contributed by atoms with Crippen molar-refractivity contribution in [1.29, 1.82) is 0 Å². The van der Waals surface area contributed by atoms with Crippen LogP contribution in [0, 0.1) is 0 Å². The number of amides is 1. The second kappa shape index (κ2) is 6.38. The normalized spacial score (nSPS) is 15.5. The van der Waals surface area contributed by atoms with Crippen molar-refractivity contribution in [3.63, 3.8) is 0 Å². The van der Waals surface area contributed by atoms with Crippen LogP contribution in [0.1, 0.15) is 35.4 Å². The summed E-state index contributed by atoms with van der Waals surface area (Å²) in [5.41, 5.74) is 0.124. The minimum Gasteiger partial charge on any atom is -0.478 e. The highest BCUT2D eigenvalue weighted by Crippen LogP contribution is 2.09. The first-order valence-electron chi connectivity index (χ1n) is 6.46. The number of rotatable bonds is 5. The number of furan rings is 1. The number of hydrogen-bond donors (Lipinski definition) is 2. The molecule has 1 amide bonds. The molecule has 0 saturated carbocycles. The van der Waals surface area contributed by atoms with Crippen LogP contribution in [0.25, 0.3) is 0 Å². The number of carbonyl (C=O) groups is 2. The molecule has 1 saturated heterocycles. The number of likely N-dealkylation sites (tertiary alicyclic amines) is 1. The molecule has 2 N–H and O–H groups in total. The molecule has 1 aromatic rings. The van der Waals surface area contributed by atoms with E-state index in [9.17, 15) is 9.59 Å². The third-order valence-electron chi connectivity index (χ3n) is 3.18. The van der Waals surface area contributed by atoms with Gasteiger partial charge in [-0.05, 0) is 25.3 Å². The first-order valence-corrected chi connectivity index (χ1v) is 6.46.